The fourth-order valence-electron chi connectivity index (χ4n) is 3.66. The minimum atomic E-state index is -0.185. The summed E-state index contributed by atoms with van der Waals surface area (Å²) < 4.78 is 1.41. The van der Waals surface area contributed by atoms with Crippen LogP contribution in [0.5, 0.6) is 0 Å². The molecule has 31 heavy (non-hydrogen) atoms. The van der Waals surface area contributed by atoms with Gasteiger partial charge in [-0.1, -0.05) is 78.4 Å². The highest BCUT2D eigenvalue weighted by molar-refractivity contribution is 5.93. The van der Waals surface area contributed by atoms with Crippen molar-refractivity contribution in [1.82, 2.24) is 15.1 Å². The van der Waals surface area contributed by atoms with Gasteiger partial charge in [-0.05, 0) is 25.5 Å². The second-order valence-electron chi connectivity index (χ2n) is 7.74. The molecule has 156 valence electrons. The molecule has 0 saturated heterocycles. The number of aromatic nitrogens is 2. The molecule has 1 N–H and O–H groups in total. The lowest BCUT2D eigenvalue weighted by molar-refractivity contribution is -0.122. The first-order valence-electron chi connectivity index (χ1n) is 10.4. The predicted octanol–water partition coefficient (Wildman–Crippen LogP) is 4.64. The van der Waals surface area contributed by atoms with Gasteiger partial charge in [-0.15, -0.1) is 0 Å². The molecule has 0 radical (unpaired) electrons. The van der Waals surface area contributed by atoms with E-state index < -0.39 is 0 Å². The highest BCUT2D eigenvalue weighted by Gasteiger charge is 2.14. The Kier molecular flexibility index (Phi) is 5.94. The lowest BCUT2D eigenvalue weighted by Crippen LogP contribution is -2.30. The molecule has 0 aliphatic carbocycles. The summed E-state index contributed by atoms with van der Waals surface area (Å²) in [5.74, 6) is -0.116. The summed E-state index contributed by atoms with van der Waals surface area (Å²) in [5.41, 5.74) is 3.70. The van der Waals surface area contributed by atoms with Crippen molar-refractivity contribution in [3.05, 3.63) is 100 Å². The Morgan fingerprint density at radius 2 is 1.58 bits per heavy atom. The number of fused-ring (bicyclic) bond motifs is 1. The first-order chi connectivity index (χ1) is 15.0. The number of nitrogens with zero attached hydrogens (tertiary/aromatic N) is 2. The monoisotopic (exact) mass is 411 g/mol. The van der Waals surface area contributed by atoms with Crippen molar-refractivity contribution >= 4 is 16.7 Å². The van der Waals surface area contributed by atoms with Crippen LogP contribution in [0.4, 0.5) is 0 Å². The molecule has 1 atom stereocenters. The molecule has 0 saturated carbocycles. The zero-order valence-electron chi connectivity index (χ0n) is 17.7. The second-order valence-corrected chi connectivity index (χ2v) is 7.74. The van der Waals surface area contributed by atoms with E-state index >= 15 is 0 Å². The van der Waals surface area contributed by atoms with Crippen LogP contribution in [0.25, 0.3) is 22.0 Å². The van der Waals surface area contributed by atoms with Gasteiger partial charge in [-0.2, -0.15) is 5.10 Å². The summed E-state index contributed by atoms with van der Waals surface area (Å²) in [7, 11) is 0. The van der Waals surface area contributed by atoms with Gasteiger partial charge in [-0.3, -0.25) is 9.59 Å². The van der Waals surface area contributed by atoms with Crippen LogP contribution in [0.1, 0.15) is 30.5 Å². The van der Waals surface area contributed by atoms with E-state index in [9.17, 15) is 9.59 Å². The largest absolute Gasteiger partial charge is 0.350 e. The standard InChI is InChI=1S/C26H25N3O2/c1-18-12-14-21(15-13-18)25-22-10-6-7-11-23(22)26(31)29(28-25)17-16-24(30)27-19(2)20-8-4-3-5-9-20/h3-15,19H,16-17H2,1-2H3,(H,27,30)/t19-/m1/s1. The van der Waals surface area contributed by atoms with E-state index in [1.165, 1.54) is 4.68 Å². The SMILES string of the molecule is Cc1ccc(-c2nn(CCC(=O)N[C@H](C)c3ccccc3)c(=O)c3ccccc23)cc1. The van der Waals surface area contributed by atoms with E-state index in [0.29, 0.717) is 5.39 Å². The molecule has 1 amide bonds. The number of hydrogen-bond acceptors (Lipinski definition) is 3. The topological polar surface area (TPSA) is 64.0 Å². The van der Waals surface area contributed by atoms with Gasteiger partial charge < -0.3 is 5.32 Å². The van der Waals surface area contributed by atoms with Gasteiger partial charge in [0, 0.05) is 17.4 Å². The van der Waals surface area contributed by atoms with Crippen molar-refractivity contribution in [2.24, 2.45) is 0 Å². The molecule has 5 heteroatoms. The summed E-state index contributed by atoms with van der Waals surface area (Å²) in [6.07, 6.45) is 0.176. The molecule has 0 unspecified atom stereocenters. The summed E-state index contributed by atoms with van der Waals surface area (Å²) in [6.45, 7) is 4.20. The first kappa shape index (κ1) is 20.5. The number of nitrogens with one attached hydrogen (secondary N) is 1. The van der Waals surface area contributed by atoms with Crippen LogP contribution < -0.4 is 10.9 Å². The third kappa shape index (κ3) is 4.56. The maximum atomic E-state index is 13.0. The molecule has 4 aromatic rings. The number of benzene rings is 3. The van der Waals surface area contributed by atoms with Crippen molar-refractivity contribution < 1.29 is 4.79 Å². The zero-order valence-corrected chi connectivity index (χ0v) is 17.7. The van der Waals surface area contributed by atoms with Crippen LogP contribution in [0.2, 0.25) is 0 Å². The van der Waals surface area contributed by atoms with Gasteiger partial charge in [0.2, 0.25) is 5.91 Å². The van der Waals surface area contributed by atoms with E-state index in [4.69, 9.17) is 0 Å². The van der Waals surface area contributed by atoms with Gasteiger partial charge in [0.05, 0.1) is 23.7 Å². The molecular formula is C26H25N3O2. The van der Waals surface area contributed by atoms with Gasteiger partial charge in [-0.25, -0.2) is 4.68 Å². The Morgan fingerprint density at radius 3 is 2.29 bits per heavy atom. The van der Waals surface area contributed by atoms with Crippen molar-refractivity contribution in [1.29, 1.82) is 0 Å². The quantitative estimate of drug-likeness (QED) is 0.503. The molecule has 0 bridgehead atoms. The minimum absolute atomic E-state index is 0.0990. The second kappa shape index (κ2) is 8.96. The van der Waals surface area contributed by atoms with Crippen LogP contribution in [0.15, 0.2) is 83.7 Å². The summed E-state index contributed by atoms with van der Waals surface area (Å²) in [4.78, 5) is 25.5. The first-order valence-corrected chi connectivity index (χ1v) is 10.4. The van der Waals surface area contributed by atoms with E-state index in [1.807, 2.05) is 92.7 Å². The summed E-state index contributed by atoms with van der Waals surface area (Å²) in [5, 5.41) is 9.04. The minimum Gasteiger partial charge on any atom is -0.350 e. The molecule has 0 fully saturated rings. The molecule has 1 aromatic heterocycles. The molecule has 3 aromatic carbocycles. The number of aryl methyl sites for hydroxylation is 2. The molecule has 5 nitrogen and oxygen atoms in total. The van der Waals surface area contributed by atoms with Gasteiger partial charge in [0.1, 0.15) is 0 Å². The Labute approximate surface area is 181 Å². The Morgan fingerprint density at radius 1 is 0.935 bits per heavy atom. The molecule has 4 rings (SSSR count). The average Bonchev–Trinajstić information content (AvgIpc) is 2.80. The lowest BCUT2D eigenvalue weighted by Gasteiger charge is -2.15. The van der Waals surface area contributed by atoms with Crippen LogP contribution in [0, 0.1) is 6.92 Å². The van der Waals surface area contributed by atoms with E-state index in [-0.39, 0.29) is 30.5 Å². The normalized spacial score (nSPS) is 11.9. The summed E-state index contributed by atoms with van der Waals surface area (Å²) >= 11 is 0. The smallest absolute Gasteiger partial charge is 0.274 e. The maximum Gasteiger partial charge on any atom is 0.274 e. The lowest BCUT2D eigenvalue weighted by atomic mass is 10.0. The van der Waals surface area contributed by atoms with Crippen LogP contribution in [0.3, 0.4) is 0 Å². The van der Waals surface area contributed by atoms with Crippen LogP contribution in [-0.4, -0.2) is 15.7 Å². The fourth-order valence-corrected chi connectivity index (χ4v) is 3.66. The Hall–Kier alpha value is -3.73. The highest BCUT2D eigenvalue weighted by atomic mass is 16.2. The fraction of sp³-hybridized carbons (Fsp3) is 0.192. The molecular weight excluding hydrogens is 386 g/mol. The summed E-state index contributed by atoms with van der Waals surface area (Å²) in [6, 6.07) is 25.3. The molecule has 1 heterocycles. The molecule has 0 aliphatic heterocycles. The highest BCUT2D eigenvalue weighted by Crippen LogP contribution is 2.25. The number of amides is 1. The van der Waals surface area contributed by atoms with Gasteiger partial charge >= 0.3 is 0 Å². The van der Waals surface area contributed by atoms with E-state index in [1.54, 1.807) is 0 Å². The maximum absolute atomic E-state index is 13.0. The van der Waals surface area contributed by atoms with Crippen molar-refractivity contribution in [2.75, 3.05) is 0 Å². The predicted molar refractivity (Wildman–Crippen MR) is 124 cm³/mol. The number of hydrogen-bond donors (Lipinski definition) is 1. The van der Waals surface area contributed by atoms with E-state index in [2.05, 4.69) is 10.4 Å². The van der Waals surface area contributed by atoms with Crippen LogP contribution >= 0.6 is 0 Å². The average molecular weight is 412 g/mol. The number of carbonyl (C=O) groups excluding carboxylic acids is 1. The van der Waals surface area contributed by atoms with Crippen molar-refractivity contribution in [2.45, 2.75) is 32.9 Å². The van der Waals surface area contributed by atoms with Crippen molar-refractivity contribution in [3.8, 4) is 11.3 Å². The third-order valence-corrected chi connectivity index (χ3v) is 5.42. The van der Waals surface area contributed by atoms with Gasteiger partial charge in [0.25, 0.3) is 5.56 Å². The van der Waals surface area contributed by atoms with Gasteiger partial charge in [0.15, 0.2) is 0 Å². The molecule has 0 aliphatic rings. The van der Waals surface area contributed by atoms with E-state index in [0.717, 1.165) is 27.8 Å². The third-order valence-electron chi connectivity index (χ3n) is 5.42. The zero-order chi connectivity index (χ0) is 21.8. The number of carbonyl (C=O) groups is 1. The Balaban J connectivity index is 1.59. The number of rotatable bonds is 6. The van der Waals surface area contributed by atoms with Crippen molar-refractivity contribution in [3.63, 3.8) is 0 Å². The molecule has 0 spiro atoms. The Bertz CT molecular complexity index is 1260. The van der Waals surface area contributed by atoms with Crippen LogP contribution in [-0.2, 0) is 11.3 Å².